The lowest BCUT2D eigenvalue weighted by Crippen LogP contribution is -2.55. The number of hydrogen-bond donors (Lipinski definition) is 3. The molecule has 3 saturated heterocycles. The van der Waals surface area contributed by atoms with E-state index < -0.39 is 28.7 Å². The fourth-order valence-corrected chi connectivity index (χ4v) is 10.9. The fourth-order valence-electron chi connectivity index (χ4n) is 7.30. The van der Waals surface area contributed by atoms with Crippen LogP contribution in [0.1, 0.15) is 30.0 Å². The van der Waals surface area contributed by atoms with Gasteiger partial charge in [0, 0.05) is 21.5 Å². The summed E-state index contributed by atoms with van der Waals surface area (Å²) in [6.45, 7) is 6.04. The van der Waals surface area contributed by atoms with Gasteiger partial charge < -0.3 is 25.4 Å². The summed E-state index contributed by atoms with van der Waals surface area (Å²) in [4.78, 5) is 44.7. The number of thioether (sulfide) groups is 1. The number of anilines is 2. The molecule has 3 N–H and O–H groups in total. The maximum absolute atomic E-state index is 14.7. The number of carbonyl (C=O) groups excluding carboxylic acids is 3. The number of likely N-dealkylation sites (tertiary alicyclic amines) is 1. The summed E-state index contributed by atoms with van der Waals surface area (Å²) in [6, 6.07) is 21.2. The zero-order valence-electron chi connectivity index (χ0n) is 25.5. The van der Waals surface area contributed by atoms with Gasteiger partial charge in [-0.05, 0) is 80.6 Å². The van der Waals surface area contributed by atoms with Crippen LogP contribution in [-0.2, 0) is 20.8 Å². The maximum atomic E-state index is 14.7. The molecule has 8 nitrogen and oxygen atoms in total. The van der Waals surface area contributed by atoms with Crippen LogP contribution in [0.3, 0.4) is 0 Å². The monoisotopic (exact) mass is 691 g/mol. The first-order chi connectivity index (χ1) is 21.7. The number of fused-ring (bicyclic) bond motifs is 1. The number of nitrogens with zero attached hydrogens (tertiary/aromatic N) is 1. The first kappa shape index (κ1) is 31.6. The van der Waals surface area contributed by atoms with Gasteiger partial charge in [-0.15, -0.1) is 11.8 Å². The standard InChI is InChI=1S/C35H38BrN3O5S/c1-4-44-25-14-12-23(13-15-25)37-32(41)28-29-34(43)39(24(19-40)17-22-8-6-5-7-9-22)31(35(29)18-26(36)30(28)45-35)33(42)38-27-16-20(2)10-11-21(27)3/h5-16,24,26,28-31,40H,4,17-19H2,1-3H3,(H,37,41)(H,38,42)/t24-,26?,28+,29+,30+,31?,35?/m1/s1. The molecular formula is C35H38BrN3O5S. The molecule has 0 aliphatic carbocycles. The highest BCUT2D eigenvalue weighted by Crippen LogP contribution is 2.68. The quantitative estimate of drug-likeness (QED) is 0.248. The van der Waals surface area contributed by atoms with Gasteiger partial charge in [0.25, 0.3) is 0 Å². The van der Waals surface area contributed by atoms with Crippen molar-refractivity contribution < 1.29 is 24.2 Å². The molecule has 6 rings (SSSR count). The van der Waals surface area contributed by atoms with Crippen molar-refractivity contribution in [2.75, 3.05) is 23.8 Å². The second-order valence-electron chi connectivity index (χ2n) is 12.2. The van der Waals surface area contributed by atoms with Crippen LogP contribution in [0.15, 0.2) is 72.8 Å². The van der Waals surface area contributed by atoms with Crippen molar-refractivity contribution in [3.63, 3.8) is 0 Å². The van der Waals surface area contributed by atoms with E-state index in [1.54, 1.807) is 40.9 Å². The van der Waals surface area contributed by atoms with Gasteiger partial charge in [-0.25, -0.2) is 0 Å². The maximum Gasteiger partial charge on any atom is 0.248 e. The van der Waals surface area contributed by atoms with Crippen LogP contribution >= 0.6 is 27.7 Å². The van der Waals surface area contributed by atoms with Crippen LogP contribution in [-0.4, -0.2) is 67.8 Å². The molecule has 3 aliphatic rings. The van der Waals surface area contributed by atoms with Crippen LogP contribution in [0.2, 0.25) is 0 Å². The number of aliphatic hydroxyl groups excluding tert-OH is 1. The third-order valence-corrected chi connectivity index (χ3v) is 12.5. The number of amides is 3. The van der Waals surface area contributed by atoms with Crippen molar-refractivity contribution in [3.8, 4) is 5.75 Å². The van der Waals surface area contributed by atoms with Crippen LogP contribution < -0.4 is 15.4 Å². The number of ether oxygens (including phenoxy) is 1. The summed E-state index contributed by atoms with van der Waals surface area (Å²) in [5.74, 6) is -1.48. The van der Waals surface area contributed by atoms with Crippen molar-refractivity contribution in [1.29, 1.82) is 0 Å². The van der Waals surface area contributed by atoms with Gasteiger partial charge in [-0.1, -0.05) is 58.4 Å². The lowest BCUT2D eigenvalue weighted by Gasteiger charge is -2.37. The number of nitrogens with one attached hydrogen (secondary N) is 2. The SMILES string of the molecule is CCOc1ccc(NC(=O)[C@H]2[C@H]3C(=O)N([C@@H](CO)Cc4ccccc4)C(C(=O)Nc4cc(C)ccc4C)C34CC(Br)[C@@H]2S4)cc1. The minimum Gasteiger partial charge on any atom is -0.494 e. The molecule has 2 bridgehead atoms. The van der Waals surface area contributed by atoms with Crippen LogP contribution in [0.4, 0.5) is 11.4 Å². The van der Waals surface area contributed by atoms with Gasteiger partial charge >= 0.3 is 0 Å². The summed E-state index contributed by atoms with van der Waals surface area (Å²) >= 11 is 5.41. The molecule has 0 aromatic heterocycles. The van der Waals surface area contributed by atoms with E-state index in [0.29, 0.717) is 36.6 Å². The van der Waals surface area contributed by atoms with E-state index in [9.17, 15) is 19.5 Å². The number of aliphatic hydroxyl groups is 1. The highest BCUT2D eigenvalue weighted by molar-refractivity contribution is 9.09. The van der Waals surface area contributed by atoms with Crippen molar-refractivity contribution in [3.05, 3.63) is 89.5 Å². The third-order valence-electron chi connectivity index (χ3n) is 9.28. The first-order valence-corrected chi connectivity index (χ1v) is 17.2. The van der Waals surface area contributed by atoms with Crippen molar-refractivity contribution in [2.24, 2.45) is 11.8 Å². The Kier molecular flexibility index (Phi) is 9.00. The Hall–Kier alpha value is -3.34. The molecule has 3 amide bonds. The molecule has 10 heteroatoms. The van der Waals surface area contributed by atoms with Gasteiger partial charge in [-0.3, -0.25) is 14.4 Å². The van der Waals surface area contributed by atoms with Gasteiger partial charge in [0.15, 0.2) is 0 Å². The molecule has 3 fully saturated rings. The number of hydrogen-bond acceptors (Lipinski definition) is 6. The van der Waals surface area contributed by atoms with Crippen molar-refractivity contribution in [2.45, 2.75) is 60.5 Å². The van der Waals surface area contributed by atoms with E-state index in [0.717, 1.165) is 16.7 Å². The van der Waals surface area contributed by atoms with E-state index in [-0.39, 0.29) is 34.4 Å². The van der Waals surface area contributed by atoms with E-state index in [2.05, 4.69) is 26.6 Å². The van der Waals surface area contributed by atoms with Crippen LogP contribution in [0, 0.1) is 25.7 Å². The highest BCUT2D eigenvalue weighted by atomic mass is 79.9. The summed E-state index contributed by atoms with van der Waals surface area (Å²) < 4.78 is 4.69. The van der Waals surface area contributed by atoms with Crippen LogP contribution in [0.25, 0.3) is 0 Å². The van der Waals surface area contributed by atoms with E-state index >= 15 is 0 Å². The van der Waals surface area contributed by atoms with Gasteiger partial charge in [0.05, 0.1) is 35.8 Å². The number of rotatable bonds is 10. The Morgan fingerprint density at radius 3 is 2.49 bits per heavy atom. The number of carbonyl (C=O) groups is 3. The second kappa shape index (κ2) is 12.8. The Morgan fingerprint density at radius 2 is 1.80 bits per heavy atom. The van der Waals surface area contributed by atoms with Crippen molar-refractivity contribution in [1.82, 2.24) is 4.90 Å². The molecule has 236 valence electrons. The number of aryl methyl sites for hydroxylation is 2. The number of alkyl halides is 1. The Bertz CT molecular complexity index is 1590. The Balaban J connectivity index is 1.37. The summed E-state index contributed by atoms with van der Waals surface area (Å²) in [5, 5.41) is 16.7. The van der Waals surface area contributed by atoms with E-state index in [1.165, 1.54) is 0 Å². The van der Waals surface area contributed by atoms with E-state index in [4.69, 9.17) is 4.74 Å². The lowest BCUT2D eigenvalue weighted by atomic mass is 9.70. The second-order valence-corrected chi connectivity index (χ2v) is 14.9. The predicted octanol–water partition coefficient (Wildman–Crippen LogP) is 5.35. The molecule has 7 atom stereocenters. The molecule has 45 heavy (non-hydrogen) atoms. The molecular weight excluding hydrogens is 654 g/mol. The highest BCUT2D eigenvalue weighted by Gasteiger charge is 2.76. The number of halogens is 1. The molecule has 3 aliphatic heterocycles. The predicted molar refractivity (Wildman–Crippen MR) is 181 cm³/mol. The third kappa shape index (κ3) is 5.77. The topological polar surface area (TPSA) is 108 Å². The molecule has 3 unspecified atom stereocenters. The Morgan fingerprint density at radius 1 is 1.07 bits per heavy atom. The Labute approximate surface area is 276 Å². The summed E-state index contributed by atoms with van der Waals surface area (Å²) in [7, 11) is 0. The smallest absolute Gasteiger partial charge is 0.248 e. The number of benzene rings is 3. The normalized spacial score (nSPS) is 27.3. The van der Waals surface area contributed by atoms with E-state index in [1.807, 2.05) is 69.3 Å². The zero-order chi connectivity index (χ0) is 31.9. The largest absolute Gasteiger partial charge is 0.494 e. The average molecular weight is 693 g/mol. The molecule has 3 aromatic carbocycles. The summed E-state index contributed by atoms with van der Waals surface area (Å²) in [6.07, 6.45) is 0.935. The molecule has 0 saturated carbocycles. The first-order valence-electron chi connectivity index (χ1n) is 15.4. The molecule has 3 heterocycles. The fraction of sp³-hybridized carbons (Fsp3) is 0.400. The lowest BCUT2D eigenvalue weighted by molar-refractivity contribution is -0.141. The van der Waals surface area contributed by atoms with Gasteiger partial charge in [-0.2, -0.15) is 0 Å². The van der Waals surface area contributed by atoms with Crippen LogP contribution in [0.5, 0.6) is 5.75 Å². The minimum atomic E-state index is -0.880. The molecule has 3 aromatic rings. The van der Waals surface area contributed by atoms with Crippen molar-refractivity contribution >= 4 is 56.8 Å². The molecule has 0 radical (unpaired) electrons. The minimum absolute atomic E-state index is 0.0692. The molecule has 1 spiro atoms. The zero-order valence-corrected chi connectivity index (χ0v) is 27.9. The average Bonchev–Trinajstić information content (AvgIpc) is 3.62. The van der Waals surface area contributed by atoms with Gasteiger partial charge in [0.1, 0.15) is 11.8 Å². The summed E-state index contributed by atoms with van der Waals surface area (Å²) in [5.41, 5.74) is 4.17. The van der Waals surface area contributed by atoms with Gasteiger partial charge in [0.2, 0.25) is 17.7 Å².